The maximum absolute atomic E-state index is 10.8. The minimum absolute atomic E-state index is 0. The van der Waals surface area contributed by atoms with Crippen LogP contribution in [0.25, 0.3) is 10.9 Å². The van der Waals surface area contributed by atoms with E-state index in [1.807, 2.05) is 24.3 Å². The molecule has 4 N–H and O–H groups in total. The van der Waals surface area contributed by atoms with Crippen molar-refractivity contribution in [2.75, 3.05) is 0 Å². The zero-order valence-corrected chi connectivity index (χ0v) is 10.2. The van der Waals surface area contributed by atoms with Crippen molar-refractivity contribution in [3.63, 3.8) is 0 Å². The predicted octanol–water partition coefficient (Wildman–Crippen LogP) is 1.14. The van der Waals surface area contributed by atoms with Crippen LogP contribution in [0, 0.1) is 0 Å². The summed E-state index contributed by atoms with van der Waals surface area (Å²) < 4.78 is 0. The van der Waals surface area contributed by atoms with Crippen molar-refractivity contribution in [3.8, 4) is 0 Å². The average molecular weight is 272 g/mol. The van der Waals surface area contributed by atoms with E-state index < -0.39 is 12.0 Å². The molecule has 0 aliphatic heterocycles. The van der Waals surface area contributed by atoms with E-state index in [9.17, 15) is 4.79 Å². The van der Waals surface area contributed by atoms with Crippen LogP contribution in [0.2, 0.25) is 0 Å². The summed E-state index contributed by atoms with van der Waals surface area (Å²) in [6.45, 7) is 0. The van der Waals surface area contributed by atoms with Gasteiger partial charge < -0.3 is 15.3 Å². The zero-order chi connectivity index (χ0) is 11.5. The van der Waals surface area contributed by atoms with Crippen LogP contribution in [0.4, 0.5) is 0 Å². The van der Waals surface area contributed by atoms with Gasteiger partial charge >= 0.3 is 5.97 Å². The minimum atomic E-state index is -1.08. The number of rotatable bonds is 4. The summed E-state index contributed by atoms with van der Waals surface area (Å²) in [5.74, 6) is -1.08. The molecule has 0 radical (unpaired) electrons. The number of carboxylic acids is 1. The second-order valence-corrected chi connectivity index (χ2v) is 3.58. The first-order valence-corrected chi connectivity index (χ1v) is 4.90. The Hall–Kier alpha value is -1.32. The van der Waals surface area contributed by atoms with Crippen LogP contribution in [-0.2, 0) is 28.6 Å². The van der Waals surface area contributed by atoms with Gasteiger partial charge in [0.1, 0.15) is 6.04 Å². The first-order chi connectivity index (χ1) is 7.72. The quantitative estimate of drug-likeness (QED) is 0.629. The fourth-order valence-electron chi connectivity index (χ4n) is 1.71. The SMILES string of the molecule is O=C(O)[C@H](Cc1c[nH]c2ccccc12)NO.[Cr]. The van der Waals surface area contributed by atoms with Crippen molar-refractivity contribution in [2.24, 2.45) is 0 Å². The van der Waals surface area contributed by atoms with E-state index in [0.717, 1.165) is 16.5 Å². The third-order valence-electron chi connectivity index (χ3n) is 2.55. The predicted molar refractivity (Wildman–Crippen MR) is 58.3 cm³/mol. The Balaban J connectivity index is 0.00000144. The molecule has 1 atom stereocenters. The molecule has 0 amide bonds. The Morgan fingerprint density at radius 2 is 2.12 bits per heavy atom. The number of aromatic nitrogens is 1. The maximum Gasteiger partial charge on any atom is 0.323 e. The van der Waals surface area contributed by atoms with E-state index in [1.54, 1.807) is 11.7 Å². The summed E-state index contributed by atoms with van der Waals surface area (Å²) >= 11 is 0. The molecule has 1 heterocycles. The molecule has 0 bridgehead atoms. The Labute approximate surface area is 109 Å². The van der Waals surface area contributed by atoms with Gasteiger partial charge in [-0.25, -0.2) is 0 Å². The van der Waals surface area contributed by atoms with Gasteiger partial charge in [-0.05, 0) is 11.6 Å². The van der Waals surface area contributed by atoms with Gasteiger partial charge in [-0.15, -0.1) is 0 Å². The summed E-state index contributed by atoms with van der Waals surface area (Å²) in [6, 6.07) is 6.64. The standard InChI is InChI=1S/C11H12N2O3.Cr/c14-11(15)10(13-16)5-7-6-12-9-4-2-1-3-8(7)9;/h1-4,6,10,12-13,16H,5H2,(H,14,15);/t10-;/m0./s1. The molecule has 2 rings (SSSR count). The summed E-state index contributed by atoms with van der Waals surface area (Å²) in [4.78, 5) is 13.8. The molecule has 1 aromatic carbocycles. The zero-order valence-electron chi connectivity index (χ0n) is 8.88. The second-order valence-electron chi connectivity index (χ2n) is 3.58. The van der Waals surface area contributed by atoms with E-state index >= 15 is 0 Å². The van der Waals surface area contributed by atoms with Crippen molar-refractivity contribution < 1.29 is 32.5 Å². The summed E-state index contributed by atoms with van der Waals surface area (Å²) in [6.07, 6.45) is 1.99. The molecule has 17 heavy (non-hydrogen) atoms. The molecule has 90 valence electrons. The molecule has 0 spiro atoms. The third-order valence-corrected chi connectivity index (χ3v) is 2.55. The molecule has 0 aliphatic rings. The number of carboxylic acid groups (broad SMARTS) is 1. The number of aromatic amines is 1. The Bertz CT molecular complexity index is 512. The monoisotopic (exact) mass is 272 g/mol. The molecule has 2 aromatic rings. The number of hydrogen-bond donors (Lipinski definition) is 4. The van der Waals surface area contributed by atoms with Crippen LogP contribution < -0.4 is 5.48 Å². The van der Waals surface area contributed by atoms with Gasteiger partial charge in [-0.3, -0.25) is 4.79 Å². The molecule has 5 nitrogen and oxygen atoms in total. The number of para-hydroxylation sites is 1. The topological polar surface area (TPSA) is 85.3 Å². The summed E-state index contributed by atoms with van der Waals surface area (Å²) in [5.41, 5.74) is 3.61. The molecule has 0 saturated carbocycles. The number of hydroxylamine groups is 1. The van der Waals surface area contributed by atoms with Crippen LogP contribution in [0.15, 0.2) is 30.5 Å². The molecule has 0 fully saturated rings. The number of hydrogen-bond acceptors (Lipinski definition) is 3. The van der Waals surface area contributed by atoms with Crippen molar-refractivity contribution in [1.29, 1.82) is 0 Å². The van der Waals surface area contributed by atoms with Gasteiger partial charge in [0.2, 0.25) is 0 Å². The van der Waals surface area contributed by atoms with Crippen LogP contribution in [0.1, 0.15) is 5.56 Å². The number of aliphatic carboxylic acids is 1. The second kappa shape index (κ2) is 5.85. The first-order valence-electron chi connectivity index (χ1n) is 4.90. The fraction of sp³-hybridized carbons (Fsp3) is 0.182. The van der Waals surface area contributed by atoms with Crippen molar-refractivity contribution in [3.05, 3.63) is 36.0 Å². The number of carbonyl (C=O) groups is 1. The van der Waals surface area contributed by atoms with Crippen LogP contribution in [0.3, 0.4) is 0 Å². The van der Waals surface area contributed by atoms with Crippen LogP contribution in [0.5, 0.6) is 0 Å². The average Bonchev–Trinajstić information content (AvgIpc) is 2.69. The van der Waals surface area contributed by atoms with Crippen LogP contribution in [-0.4, -0.2) is 27.3 Å². The maximum atomic E-state index is 10.8. The third kappa shape index (κ3) is 2.87. The van der Waals surface area contributed by atoms with Gasteiger partial charge in [0.15, 0.2) is 0 Å². The largest absolute Gasteiger partial charge is 0.480 e. The first kappa shape index (κ1) is 13.7. The molecule has 0 saturated heterocycles. The van der Waals surface area contributed by atoms with Gasteiger partial charge in [-0.1, -0.05) is 18.2 Å². The molecule has 0 aliphatic carbocycles. The summed E-state index contributed by atoms with van der Waals surface area (Å²) in [5, 5.41) is 18.5. The Kier molecular flexibility index (Phi) is 4.73. The van der Waals surface area contributed by atoms with E-state index in [4.69, 9.17) is 10.3 Å². The Morgan fingerprint density at radius 3 is 2.76 bits per heavy atom. The smallest absolute Gasteiger partial charge is 0.323 e. The van der Waals surface area contributed by atoms with Crippen molar-refractivity contribution >= 4 is 16.9 Å². The van der Waals surface area contributed by atoms with Crippen molar-refractivity contribution in [2.45, 2.75) is 12.5 Å². The number of fused-ring (bicyclic) bond motifs is 1. The molecular formula is C11H12CrN2O3. The van der Waals surface area contributed by atoms with Gasteiger partial charge in [0.25, 0.3) is 0 Å². The number of H-pyrrole nitrogens is 1. The van der Waals surface area contributed by atoms with E-state index in [2.05, 4.69) is 4.98 Å². The van der Waals surface area contributed by atoms with E-state index in [0.29, 0.717) is 0 Å². The molecule has 6 heteroatoms. The summed E-state index contributed by atoms with van der Waals surface area (Å²) in [7, 11) is 0. The molecular weight excluding hydrogens is 260 g/mol. The van der Waals surface area contributed by atoms with E-state index in [1.165, 1.54) is 0 Å². The number of nitrogens with one attached hydrogen (secondary N) is 2. The normalized spacial score (nSPS) is 12.1. The van der Waals surface area contributed by atoms with Gasteiger partial charge in [0.05, 0.1) is 0 Å². The van der Waals surface area contributed by atoms with Crippen LogP contribution >= 0.6 is 0 Å². The van der Waals surface area contributed by atoms with E-state index in [-0.39, 0.29) is 23.8 Å². The van der Waals surface area contributed by atoms with Gasteiger partial charge in [-0.2, -0.15) is 5.48 Å². The van der Waals surface area contributed by atoms with Gasteiger partial charge in [0, 0.05) is 40.9 Å². The minimum Gasteiger partial charge on any atom is -0.480 e. The fourth-order valence-corrected chi connectivity index (χ4v) is 1.71. The van der Waals surface area contributed by atoms with Crippen molar-refractivity contribution in [1.82, 2.24) is 10.5 Å². The Morgan fingerprint density at radius 1 is 1.41 bits per heavy atom. The number of benzene rings is 1. The molecule has 0 unspecified atom stereocenters. The molecule has 1 aromatic heterocycles.